The molecule has 0 saturated heterocycles. The van der Waals surface area contributed by atoms with Gasteiger partial charge in [-0.25, -0.2) is 0 Å². The molecule has 1 aliphatic carbocycles. The number of hydrogen-bond acceptors (Lipinski definition) is 0. The van der Waals surface area contributed by atoms with E-state index in [-0.39, 0.29) is 0 Å². The Kier molecular flexibility index (Phi) is 2.38. The highest BCUT2D eigenvalue weighted by molar-refractivity contribution is 4.97. The molecule has 1 fully saturated rings. The minimum Gasteiger partial charge on any atom is -0.103 e. The third-order valence-electron chi connectivity index (χ3n) is 3.61. The third kappa shape index (κ3) is 2.12. The Morgan fingerprint density at radius 1 is 1.50 bits per heavy atom. The van der Waals surface area contributed by atoms with Crippen LogP contribution < -0.4 is 0 Å². The summed E-state index contributed by atoms with van der Waals surface area (Å²) in [5.74, 6) is 0.852. The Hall–Kier alpha value is -0.260. The highest BCUT2D eigenvalue weighted by Gasteiger charge is 2.43. The lowest BCUT2D eigenvalue weighted by Gasteiger charge is -2.28. The lowest BCUT2D eigenvalue weighted by Crippen LogP contribution is -2.18. The summed E-state index contributed by atoms with van der Waals surface area (Å²) < 4.78 is 0. The molecule has 1 saturated carbocycles. The SMILES string of the molecule is C=CC(C)(C)CC(C)C1(C)CC1. The highest BCUT2D eigenvalue weighted by atomic mass is 14.5. The second-order valence-corrected chi connectivity index (χ2v) is 5.45. The topological polar surface area (TPSA) is 0 Å². The van der Waals surface area contributed by atoms with E-state index >= 15 is 0 Å². The van der Waals surface area contributed by atoms with E-state index in [2.05, 4.69) is 40.3 Å². The third-order valence-corrected chi connectivity index (χ3v) is 3.61. The van der Waals surface area contributed by atoms with Crippen LogP contribution in [0.25, 0.3) is 0 Å². The molecule has 1 aliphatic rings. The van der Waals surface area contributed by atoms with E-state index in [4.69, 9.17) is 0 Å². The van der Waals surface area contributed by atoms with Crippen LogP contribution in [0.2, 0.25) is 0 Å². The van der Waals surface area contributed by atoms with Crippen LogP contribution in [0, 0.1) is 16.7 Å². The van der Waals surface area contributed by atoms with Crippen LogP contribution in [0.4, 0.5) is 0 Å². The zero-order valence-electron chi connectivity index (χ0n) is 8.98. The zero-order chi connectivity index (χ0) is 9.41. The van der Waals surface area contributed by atoms with Gasteiger partial charge in [-0.2, -0.15) is 0 Å². The van der Waals surface area contributed by atoms with Gasteiger partial charge in [-0.05, 0) is 36.0 Å². The Labute approximate surface area is 77.1 Å². The molecule has 0 radical (unpaired) electrons. The maximum absolute atomic E-state index is 3.89. The van der Waals surface area contributed by atoms with Crippen molar-refractivity contribution in [3.05, 3.63) is 12.7 Å². The van der Waals surface area contributed by atoms with Crippen molar-refractivity contribution in [1.29, 1.82) is 0 Å². The summed E-state index contributed by atoms with van der Waals surface area (Å²) in [5, 5.41) is 0. The van der Waals surface area contributed by atoms with Crippen molar-refractivity contribution in [2.75, 3.05) is 0 Å². The second kappa shape index (κ2) is 2.90. The van der Waals surface area contributed by atoms with E-state index in [1.54, 1.807) is 0 Å². The van der Waals surface area contributed by atoms with E-state index in [9.17, 15) is 0 Å². The molecule has 0 heterocycles. The van der Waals surface area contributed by atoms with Gasteiger partial charge in [0.15, 0.2) is 0 Å². The molecule has 1 atom stereocenters. The molecule has 0 N–H and O–H groups in total. The monoisotopic (exact) mass is 166 g/mol. The van der Waals surface area contributed by atoms with Crippen molar-refractivity contribution in [1.82, 2.24) is 0 Å². The van der Waals surface area contributed by atoms with Crippen LogP contribution in [0.15, 0.2) is 12.7 Å². The standard InChI is InChI=1S/C12H22/c1-6-11(3,4)9-10(2)12(5)7-8-12/h6,10H,1,7-9H2,2-5H3. The van der Waals surface area contributed by atoms with Gasteiger partial charge in [-0.3, -0.25) is 0 Å². The molecule has 0 aliphatic heterocycles. The molecule has 12 heavy (non-hydrogen) atoms. The summed E-state index contributed by atoms with van der Waals surface area (Å²) in [4.78, 5) is 0. The molecule has 0 heteroatoms. The van der Waals surface area contributed by atoms with Crippen molar-refractivity contribution < 1.29 is 0 Å². The minimum absolute atomic E-state index is 0.324. The summed E-state index contributed by atoms with van der Waals surface area (Å²) in [6, 6.07) is 0. The first-order valence-corrected chi connectivity index (χ1v) is 5.03. The Morgan fingerprint density at radius 2 is 2.00 bits per heavy atom. The number of allylic oxidation sites excluding steroid dienone is 1. The fourth-order valence-electron chi connectivity index (χ4n) is 1.81. The van der Waals surface area contributed by atoms with Gasteiger partial charge in [0.05, 0.1) is 0 Å². The van der Waals surface area contributed by atoms with E-state index in [0.717, 1.165) is 5.92 Å². The Balaban J connectivity index is 2.45. The van der Waals surface area contributed by atoms with E-state index < -0.39 is 0 Å². The first-order valence-electron chi connectivity index (χ1n) is 5.03. The summed E-state index contributed by atoms with van der Waals surface area (Å²) in [7, 11) is 0. The fourth-order valence-corrected chi connectivity index (χ4v) is 1.81. The average Bonchev–Trinajstić information content (AvgIpc) is 2.69. The van der Waals surface area contributed by atoms with Crippen molar-refractivity contribution in [2.24, 2.45) is 16.7 Å². The predicted octanol–water partition coefficient (Wildman–Crippen LogP) is 4.02. The van der Waals surface area contributed by atoms with Gasteiger partial charge in [0.1, 0.15) is 0 Å². The van der Waals surface area contributed by atoms with Gasteiger partial charge in [0, 0.05) is 0 Å². The smallest absolute Gasteiger partial charge is 0.0175 e. The summed E-state index contributed by atoms with van der Waals surface area (Å²) in [5.41, 5.74) is 0.991. The van der Waals surface area contributed by atoms with Crippen LogP contribution in [0.5, 0.6) is 0 Å². The van der Waals surface area contributed by atoms with Crippen LogP contribution in [0.3, 0.4) is 0 Å². The molecule has 0 aromatic heterocycles. The lowest BCUT2D eigenvalue weighted by molar-refractivity contribution is 0.260. The van der Waals surface area contributed by atoms with Crippen LogP contribution in [-0.4, -0.2) is 0 Å². The molecule has 0 spiro atoms. The molecule has 1 unspecified atom stereocenters. The van der Waals surface area contributed by atoms with E-state index in [0.29, 0.717) is 10.8 Å². The quantitative estimate of drug-likeness (QED) is 0.553. The summed E-state index contributed by atoms with van der Waals surface area (Å²) in [6.45, 7) is 13.2. The largest absolute Gasteiger partial charge is 0.103 e. The first-order chi connectivity index (χ1) is 5.40. The van der Waals surface area contributed by atoms with Gasteiger partial charge in [-0.15, -0.1) is 6.58 Å². The van der Waals surface area contributed by atoms with Crippen LogP contribution in [0.1, 0.15) is 47.0 Å². The van der Waals surface area contributed by atoms with Crippen molar-refractivity contribution >= 4 is 0 Å². The van der Waals surface area contributed by atoms with Gasteiger partial charge >= 0.3 is 0 Å². The van der Waals surface area contributed by atoms with Gasteiger partial charge in [-0.1, -0.05) is 33.8 Å². The fraction of sp³-hybridized carbons (Fsp3) is 0.833. The molecule has 0 nitrogen and oxygen atoms in total. The second-order valence-electron chi connectivity index (χ2n) is 5.45. The molecule has 70 valence electrons. The first kappa shape index (κ1) is 9.83. The molecule has 0 bridgehead atoms. The highest BCUT2D eigenvalue weighted by Crippen LogP contribution is 2.54. The molecule has 0 amide bonds. The molecule has 1 rings (SSSR count). The van der Waals surface area contributed by atoms with Crippen LogP contribution >= 0.6 is 0 Å². The molecule has 0 aromatic rings. The predicted molar refractivity (Wildman–Crippen MR) is 55.1 cm³/mol. The van der Waals surface area contributed by atoms with Gasteiger partial charge in [0.25, 0.3) is 0 Å². The van der Waals surface area contributed by atoms with Crippen molar-refractivity contribution in [3.8, 4) is 0 Å². The van der Waals surface area contributed by atoms with E-state index in [1.807, 2.05) is 0 Å². The maximum Gasteiger partial charge on any atom is -0.0175 e. The molecular weight excluding hydrogens is 144 g/mol. The van der Waals surface area contributed by atoms with E-state index in [1.165, 1.54) is 19.3 Å². The Morgan fingerprint density at radius 3 is 2.33 bits per heavy atom. The zero-order valence-corrected chi connectivity index (χ0v) is 8.98. The number of hydrogen-bond donors (Lipinski definition) is 0. The minimum atomic E-state index is 0.324. The van der Waals surface area contributed by atoms with Crippen LogP contribution in [-0.2, 0) is 0 Å². The average molecular weight is 166 g/mol. The van der Waals surface area contributed by atoms with Crippen molar-refractivity contribution in [3.63, 3.8) is 0 Å². The maximum atomic E-state index is 3.89. The Bertz CT molecular complexity index is 172. The molecule has 0 aromatic carbocycles. The van der Waals surface area contributed by atoms with Crippen molar-refractivity contribution in [2.45, 2.75) is 47.0 Å². The lowest BCUT2D eigenvalue weighted by atomic mass is 9.77. The normalized spacial score (nSPS) is 23.3. The van der Waals surface area contributed by atoms with Gasteiger partial charge < -0.3 is 0 Å². The molecular formula is C12H22. The summed E-state index contributed by atoms with van der Waals surface area (Å²) in [6.07, 6.45) is 6.24. The summed E-state index contributed by atoms with van der Waals surface area (Å²) >= 11 is 0. The van der Waals surface area contributed by atoms with Gasteiger partial charge in [0.2, 0.25) is 0 Å². The number of rotatable bonds is 4.